The van der Waals surface area contributed by atoms with Gasteiger partial charge >= 0.3 is 0 Å². The van der Waals surface area contributed by atoms with E-state index >= 15 is 0 Å². The average molecular weight is 429 g/mol. The maximum atomic E-state index is 11.1. The van der Waals surface area contributed by atoms with Crippen LogP contribution in [0.1, 0.15) is 40.2 Å². The number of anilines is 1. The lowest BCUT2D eigenvalue weighted by Crippen LogP contribution is -2.87. The molecule has 2 aromatic rings. The highest BCUT2D eigenvalue weighted by molar-refractivity contribution is 6.30. The van der Waals surface area contributed by atoms with E-state index in [1.807, 2.05) is 36.2 Å². The fourth-order valence-electron chi connectivity index (χ4n) is 4.50. The van der Waals surface area contributed by atoms with Gasteiger partial charge in [-0.05, 0) is 57.2 Å². The molecule has 1 atom stereocenters. The van der Waals surface area contributed by atoms with Crippen LogP contribution in [-0.4, -0.2) is 33.7 Å². The maximum Gasteiger partial charge on any atom is 0.269 e. The summed E-state index contributed by atoms with van der Waals surface area (Å²) in [5, 5.41) is 18.6. The van der Waals surface area contributed by atoms with Crippen molar-refractivity contribution in [2.24, 2.45) is 10.5 Å². The second-order valence-electron chi connectivity index (χ2n) is 8.58. The predicted molar refractivity (Wildman–Crippen MR) is 118 cm³/mol. The highest BCUT2D eigenvalue weighted by Gasteiger charge is 2.78. The summed E-state index contributed by atoms with van der Waals surface area (Å²) in [7, 11) is 0. The number of hydrogen-bond donors (Lipinski definition) is 0. The third-order valence-electron chi connectivity index (χ3n) is 6.65. The van der Waals surface area contributed by atoms with E-state index < -0.39 is 10.8 Å². The summed E-state index contributed by atoms with van der Waals surface area (Å²) < 4.78 is 6.44. The number of hydrogen-bond acceptors (Lipinski definition) is 6. The van der Waals surface area contributed by atoms with Gasteiger partial charge in [0.2, 0.25) is 5.85 Å². The van der Waals surface area contributed by atoms with Gasteiger partial charge < -0.3 is 9.64 Å². The molecule has 0 N–H and O–H groups in total. The van der Waals surface area contributed by atoms with Crippen LogP contribution in [0, 0.1) is 15.5 Å². The summed E-state index contributed by atoms with van der Waals surface area (Å²) in [5.41, 5.74) is 1.13. The van der Waals surface area contributed by atoms with Crippen LogP contribution >= 0.6 is 11.6 Å². The lowest BCUT2D eigenvalue weighted by atomic mass is 9.59. The molecule has 0 saturated carbocycles. The minimum atomic E-state index is -0.851. The number of nitro groups is 1. The minimum absolute atomic E-state index is 0.0374. The summed E-state index contributed by atoms with van der Waals surface area (Å²) in [5.74, 6) is -0.0705. The zero-order valence-electron chi connectivity index (χ0n) is 17.7. The van der Waals surface area contributed by atoms with Gasteiger partial charge in [0.1, 0.15) is 0 Å². The van der Waals surface area contributed by atoms with Crippen molar-refractivity contribution in [1.29, 1.82) is 0 Å². The minimum Gasteiger partial charge on any atom is -0.336 e. The summed E-state index contributed by atoms with van der Waals surface area (Å²) in [6, 6.07) is 14.0. The number of ether oxygens (including phenoxy) is 1. The number of nitrogens with zero attached hydrogens (tertiary/aromatic N) is 4. The Labute approximate surface area is 181 Å². The molecule has 158 valence electrons. The van der Waals surface area contributed by atoms with Crippen LogP contribution in [0.25, 0.3) is 0 Å². The maximum absolute atomic E-state index is 11.1. The van der Waals surface area contributed by atoms with Crippen LogP contribution in [-0.2, 0) is 4.74 Å². The van der Waals surface area contributed by atoms with E-state index in [0.29, 0.717) is 11.6 Å². The Morgan fingerprint density at radius 3 is 2.20 bits per heavy atom. The summed E-state index contributed by atoms with van der Waals surface area (Å²) in [6.07, 6.45) is 0. The van der Waals surface area contributed by atoms with E-state index in [0.717, 1.165) is 17.1 Å². The lowest BCUT2D eigenvalue weighted by Gasteiger charge is -2.72. The van der Waals surface area contributed by atoms with Gasteiger partial charge in [0.15, 0.2) is 5.84 Å². The monoisotopic (exact) mass is 428 g/mol. The fraction of sp³-hybridized carbons (Fsp3) is 0.409. The van der Waals surface area contributed by atoms with Crippen LogP contribution in [0.5, 0.6) is 0 Å². The quantitative estimate of drug-likeness (QED) is 0.481. The highest BCUT2D eigenvalue weighted by atomic mass is 35.5. The van der Waals surface area contributed by atoms with Crippen molar-refractivity contribution in [2.45, 2.75) is 46.0 Å². The van der Waals surface area contributed by atoms with E-state index in [9.17, 15) is 10.1 Å². The van der Waals surface area contributed by atoms with E-state index in [1.165, 1.54) is 12.1 Å². The Morgan fingerprint density at radius 2 is 1.67 bits per heavy atom. The molecule has 0 radical (unpaired) electrons. The molecule has 2 heterocycles. The van der Waals surface area contributed by atoms with Gasteiger partial charge in [-0.15, -0.1) is 5.10 Å². The van der Waals surface area contributed by atoms with Gasteiger partial charge in [0.25, 0.3) is 5.69 Å². The molecule has 0 amide bonds. The van der Waals surface area contributed by atoms with Crippen molar-refractivity contribution in [3.05, 3.63) is 69.2 Å². The number of nitro benzene ring substituents is 1. The van der Waals surface area contributed by atoms with Gasteiger partial charge in [-0.2, -0.15) is 0 Å². The van der Waals surface area contributed by atoms with Crippen LogP contribution in [0.4, 0.5) is 11.4 Å². The standard InChI is InChI=1S/C22H25ClN4O3/c1-6-30-22-20(2,3)21(4,5)25(22)19(15-7-9-16(23)10-8-15)24-26(22)17-11-13-18(14-12-17)27(28)29/h7-14H,6H2,1-5H3. The number of non-ortho nitro benzene ring substituents is 1. The normalized spacial score (nSPS) is 23.6. The Kier molecular flexibility index (Phi) is 4.60. The van der Waals surface area contributed by atoms with Crippen LogP contribution < -0.4 is 5.01 Å². The van der Waals surface area contributed by atoms with Crippen molar-refractivity contribution in [3.63, 3.8) is 0 Å². The fourth-order valence-corrected chi connectivity index (χ4v) is 4.63. The predicted octanol–water partition coefficient (Wildman–Crippen LogP) is 5.24. The van der Waals surface area contributed by atoms with Crippen molar-refractivity contribution < 1.29 is 9.66 Å². The molecule has 2 aliphatic heterocycles. The molecule has 8 heteroatoms. The zero-order valence-corrected chi connectivity index (χ0v) is 18.5. The van der Waals surface area contributed by atoms with Crippen LogP contribution in [0.15, 0.2) is 53.6 Å². The largest absolute Gasteiger partial charge is 0.336 e. The molecule has 30 heavy (non-hydrogen) atoms. The molecule has 4 rings (SSSR count). The molecule has 2 aromatic carbocycles. The number of benzene rings is 2. The second kappa shape index (κ2) is 6.68. The molecule has 0 bridgehead atoms. The molecule has 1 fully saturated rings. The topological polar surface area (TPSA) is 71.2 Å². The zero-order chi connectivity index (χ0) is 21.9. The molecule has 0 aromatic heterocycles. The Morgan fingerprint density at radius 1 is 1.07 bits per heavy atom. The first-order valence-electron chi connectivity index (χ1n) is 9.91. The molecule has 1 saturated heterocycles. The molecule has 2 aliphatic rings. The number of rotatable bonds is 5. The van der Waals surface area contributed by atoms with Crippen molar-refractivity contribution in [3.8, 4) is 0 Å². The Bertz CT molecular complexity index is 1020. The van der Waals surface area contributed by atoms with E-state index in [4.69, 9.17) is 21.4 Å². The lowest BCUT2D eigenvalue weighted by molar-refractivity contribution is -0.384. The van der Waals surface area contributed by atoms with Gasteiger partial charge in [-0.1, -0.05) is 25.4 Å². The van der Waals surface area contributed by atoms with Crippen molar-refractivity contribution in [1.82, 2.24) is 4.90 Å². The third kappa shape index (κ3) is 2.51. The summed E-state index contributed by atoms with van der Waals surface area (Å²) in [4.78, 5) is 12.9. The van der Waals surface area contributed by atoms with Gasteiger partial charge in [0.05, 0.1) is 21.6 Å². The van der Waals surface area contributed by atoms with Crippen molar-refractivity contribution in [2.75, 3.05) is 11.6 Å². The SMILES string of the molecule is CCOC12N(c3ccc([N+](=O)[O-])cc3)N=C(c3ccc(Cl)cc3)N1C(C)(C)C2(C)C. The first kappa shape index (κ1) is 20.6. The second-order valence-corrected chi connectivity index (χ2v) is 9.01. The summed E-state index contributed by atoms with van der Waals surface area (Å²) in [6.45, 7) is 11.1. The van der Waals surface area contributed by atoms with Gasteiger partial charge in [-0.3, -0.25) is 10.1 Å². The first-order valence-corrected chi connectivity index (χ1v) is 10.3. The average Bonchev–Trinajstić information content (AvgIpc) is 3.04. The molecule has 0 spiro atoms. The summed E-state index contributed by atoms with van der Waals surface area (Å²) >= 11 is 6.10. The smallest absolute Gasteiger partial charge is 0.269 e. The molecule has 0 aliphatic carbocycles. The van der Waals surface area contributed by atoms with E-state index in [2.05, 4.69) is 32.6 Å². The number of halogens is 1. The van der Waals surface area contributed by atoms with Gasteiger partial charge in [0, 0.05) is 29.3 Å². The Hall–Kier alpha value is -2.64. The van der Waals surface area contributed by atoms with E-state index in [-0.39, 0.29) is 16.6 Å². The van der Waals surface area contributed by atoms with Crippen LogP contribution in [0.3, 0.4) is 0 Å². The third-order valence-corrected chi connectivity index (χ3v) is 6.90. The van der Waals surface area contributed by atoms with Gasteiger partial charge in [-0.25, -0.2) is 5.01 Å². The number of amidine groups is 1. The van der Waals surface area contributed by atoms with Crippen molar-refractivity contribution >= 4 is 28.8 Å². The Balaban J connectivity index is 1.89. The highest BCUT2D eigenvalue weighted by Crippen LogP contribution is 2.64. The molecular weight excluding hydrogens is 404 g/mol. The number of fused-ring (bicyclic) bond motifs is 1. The van der Waals surface area contributed by atoms with Crippen LogP contribution in [0.2, 0.25) is 5.02 Å². The number of hydrazone groups is 1. The first-order chi connectivity index (χ1) is 14.1. The molecular formula is C22H25ClN4O3. The van der Waals surface area contributed by atoms with E-state index in [1.54, 1.807) is 12.1 Å². The molecule has 7 nitrogen and oxygen atoms in total. The molecule has 1 unspecified atom stereocenters.